The molecule has 0 bridgehead atoms. The number of anilines is 1. The van der Waals surface area contributed by atoms with E-state index in [9.17, 15) is 22.8 Å². The van der Waals surface area contributed by atoms with Crippen LogP contribution in [-0.2, 0) is 6.18 Å². The minimum atomic E-state index is -4.48. The molecule has 2 aromatic carbocycles. The summed E-state index contributed by atoms with van der Waals surface area (Å²) in [5.41, 5.74) is 0.735. The number of benzene rings is 2. The number of carbonyl (C=O) groups excluding carboxylic acids is 2. The van der Waals surface area contributed by atoms with Crippen molar-refractivity contribution in [3.8, 4) is 0 Å². The zero-order chi connectivity index (χ0) is 23.3. The molecule has 168 valence electrons. The Hall–Kier alpha value is -4.08. The number of halogens is 3. The molecule has 1 atom stereocenters. The third-order valence-corrected chi connectivity index (χ3v) is 5.72. The number of hydrogen-bond acceptors (Lipinski definition) is 4. The number of alkyl halides is 3. The summed E-state index contributed by atoms with van der Waals surface area (Å²) >= 11 is 0. The first kappa shape index (κ1) is 20.8. The van der Waals surface area contributed by atoms with Gasteiger partial charge in [0.2, 0.25) is 0 Å². The van der Waals surface area contributed by atoms with Crippen molar-refractivity contribution in [3.63, 3.8) is 0 Å². The number of carbonyl (C=O) groups is 2. The van der Waals surface area contributed by atoms with Gasteiger partial charge in [0, 0.05) is 24.7 Å². The fourth-order valence-electron chi connectivity index (χ4n) is 4.09. The van der Waals surface area contributed by atoms with Crippen LogP contribution in [0.4, 0.5) is 19.0 Å². The summed E-state index contributed by atoms with van der Waals surface area (Å²) in [6, 6.07) is 13.6. The van der Waals surface area contributed by atoms with Crippen LogP contribution in [0.1, 0.15) is 31.8 Å². The number of rotatable bonds is 3. The highest BCUT2D eigenvalue weighted by molar-refractivity contribution is 6.03. The normalized spacial score (nSPS) is 17.5. The van der Waals surface area contributed by atoms with Gasteiger partial charge in [-0.1, -0.05) is 30.3 Å². The van der Waals surface area contributed by atoms with Crippen molar-refractivity contribution in [3.05, 3.63) is 89.1 Å². The predicted octanol–water partition coefficient (Wildman–Crippen LogP) is 3.41. The number of amides is 2. The molecule has 1 N–H and O–H groups in total. The molecule has 2 aliphatic rings. The lowest BCUT2D eigenvalue weighted by Crippen LogP contribution is -2.62. The fourth-order valence-corrected chi connectivity index (χ4v) is 4.09. The first-order valence-electron chi connectivity index (χ1n) is 10.1. The molecule has 5 rings (SSSR count). The largest absolute Gasteiger partial charge is 0.416 e. The predicted molar refractivity (Wildman–Crippen MR) is 114 cm³/mol. The molecule has 1 aromatic heterocycles. The van der Waals surface area contributed by atoms with Crippen molar-refractivity contribution in [2.45, 2.75) is 12.5 Å². The average molecular weight is 453 g/mol. The Kier molecular flexibility index (Phi) is 4.73. The summed E-state index contributed by atoms with van der Waals surface area (Å²) in [4.78, 5) is 29.0. The lowest BCUT2D eigenvalue weighted by atomic mass is 10.1. The van der Waals surface area contributed by atoms with E-state index in [2.05, 4.69) is 10.4 Å². The molecule has 2 aliphatic heterocycles. The van der Waals surface area contributed by atoms with Crippen LogP contribution in [0.2, 0.25) is 0 Å². The zero-order valence-electron chi connectivity index (χ0n) is 17.4. The molecule has 10 heteroatoms. The molecule has 0 saturated heterocycles. The van der Waals surface area contributed by atoms with E-state index in [0.29, 0.717) is 28.2 Å². The summed E-state index contributed by atoms with van der Waals surface area (Å²) in [5.74, 6) is -0.287. The van der Waals surface area contributed by atoms with Crippen LogP contribution < -0.4 is 10.2 Å². The Morgan fingerprint density at radius 1 is 1.12 bits per heavy atom. The molecule has 0 fully saturated rings. The van der Waals surface area contributed by atoms with E-state index >= 15 is 0 Å². The molecule has 3 aromatic rings. The summed E-state index contributed by atoms with van der Waals surface area (Å²) in [6.07, 6.45) is -2.16. The van der Waals surface area contributed by atoms with Crippen molar-refractivity contribution in [2.75, 3.05) is 18.5 Å². The van der Waals surface area contributed by atoms with Gasteiger partial charge in [0.05, 0.1) is 17.5 Å². The summed E-state index contributed by atoms with van der Waals surface area (Å²) in [5, 5.41) is 7.15. The number of aromatic nitrogens is 2. The van der Waals surface area contributed by atoms with Crippen LogP contribution in [0.3, 0.4) is 0 Å². The van der Waals surface area contributed by atoms with E-state index in [1.807, 2.05) is 0 Å². The Bertz CT molecular complexity index is 1280. The number of hydrogen-bond donors (Lipinski definition) is 1. The van der Waals surface area contributed by atoms with E-state index in [4.69, 9.17) is 0 Å². The van der Waals surface area contributed by atoms with Gasteiger partial charge >= 0.3 is 6.18 Å². The van der Waals surface area contributed by atoms with Gasteiger partial charge in [-0.25, -0.2) is 4.68 Å². The third kappa shape index (κ3) is 3.43. The van der Waals surface area contributed by atoms with Gasteiger partial charge in [0.25, 0.3) is 11.8 Å². The highest BCUT2D eigenvalue weighted by Crippen LogP contribution is 2.37. The second kappa shape index (κ2) is 7.51. The smallest absolute Gasteiger partial charge is 0.314 e. The molecule has 1 unspecified atom stereocenters. The van der Waals surface area contributed by atoms with Gasteiger partial charge in [-0.05, 0) is 30.3 Å². The number of nitrogens with one attached hydrogen (secondary N) is 1. The Morgan fingerprint density at radius 2 is 1.88 bits per heavy atom. The molecule has 7 nitrogen and oxygen atoms in total. The number of nitrogens with zero attached hydrogens (tertiary/aromatic N) is 4. The van der Waals surface area contributed by atoms with Gasteiger partial charge < -0.3 is 15.1 Å². The molecule has 3 heterocycles. The SMILES string of the molecule is CN1C(=O)c2cnn3c2N(CC=C3c2cccc(C(F)(F)F)c2)C1NC(=O)c1ccccc1. The van der Waals surface area contributed by atoms with Crippen LogP contribution >= 0.6 is 0 Å². The van der Waals surface area contributed by atoms with Crippen molar-refractivity contribution in [1.29, 1.82) is 0 Å². The quantitative estimate of drug-likeness (QED) is 0.660. The topological polar surface area (TPSA) is 70.5 Å². The van der Waals surface area contributed by atoms with Crippen molar-refractivity contribution in [2.24, 2.45) is 0 Å². The summed E-state index contributed by atoms with van der Waals surface area (Å²) < 4.78 is 41.1. The molecular weight excluding hydrogens is 435 g/mol. The van der Waals surface area contributed by atoms with Crippen molar-refractivity contribution in [1.82, 2.24) is 20.0 Å². The molecule has 2 amide bonds. The van der Waals surface area contributed by atoms with Gasteiger partial charge in [-0.2, -0.15) is 18.3 Å². The maximum absolute atomic E-state index is 13.2. The van der Waals surface area contributed by atoms with Gasteiger partial charge in [0.1, 0.15) is 11.4 Å². The Balaban J connectivity index is 1.52. The molecular formula is C23H18F3N5O2. The van der Waals surface area contributed by atoms with Gasteiger partial charge in [0.15, 0.2) is 6.29 Å². The van der Waals surface area contributed by atoms with Crippen molar-refractivity contribution < 1.29 is 22.8 Å². The molecule has 0 radical (unpaired) electrons. The first-order chi connectivity index (χ1) is 15.8. The maximum atomic E-state index is 13.2. The van der Waals surface area contributed by atoms with Crippen molar-refractivity contribution >= 4 is 23.3 Å². The van der Waals surface area contributed by atoms with E-state index in [1.54, 1.807) is 54.4 Å². The van der Waals surface area contributed by atoms with Crippen LogP contribution in [0.25, 0.3) is 5.70 Å². The van der Waals surface area contributed by atoms with E-state index in [1.165, 1.54) is 21.8 Å². The van der Waals surface area contributed by atoms with Crippen LogP contribution in [0.5, 0.6) is 0 Å². The second-order valence-corrected chi connectivity index (χ2v) is 7.74. The molecule has 0 spiro atoms. The van der Waals surface area contributed by atoms with Gasteiger partial charge in [-0.3, -0.25) is 9.59 Å². The van der Waals surface area contributed by atoms with Crippen LogP contribution in [-0.4, -0.2) is 46.4 Å². The molecule has 33 heavy (non-hydrogen) atoms. The summed E-state index contributed by atoms with van der Waals surface area (Å²) in [7, 11) is 1.57. The van der Waals surface area contributed by atoms with E-state index in [-0.39, 0.29) is 18.4 Å². The summed E-state index contributed by atoms with van der Waals surface area (Å²) in [6.45, 7) is 0.252. The van der Waals surface area contributed by atoms with Crippen LogP contribution in [0, 0.1) is 0 Å². The van der Waals surface area contributed by atoms with Gasteiger partial charge in [-0.15, -0.1) is 0 Å². The highest BCUT2D eigenvalue weighted by atomic mass is 19.4. The second-order valence-electron chi connectivity index (χ2n) is 7.74. The molecule has 0 aliphatic carbocycles. The lowest BCUT2D eigenvalue weighted by molar-refractivity contribution is -0.137. The Morgan fingerprint density at radius 3 is 2.61 bits per heavy atom. The lowest BCUT2D eigenvalue weighted by Gasteiger charge is -2.44. The standard InChI is InChI=1S/C23H18F3N5O2/c1-29-21(33)17-13-27-31-18(15-8-5-9-16(12-15)23(24,25)26)10-11-30(20(17)31)22(29)28-19(32)14-6-3-2-4-7-14/h2-10,12-13,22H,11H2,1H3,(H,28,32). The minimum Gasteiger partial charge on any atom is -0.314 e. The average Bonchev–Trinajstić information content (AvgIpc) is 3.26. The fraction of sp³-hybridized carbons (Fsp3) is 0.174. The van der Waals surface area contributed by atoms with Crippen LogP contribution in [0.15, 0.2) is 66.9 Å². The maximum Gasteiger partial charge on any atom is 0.416 e. The monoisotopic (exact) mass is 453 g/mol. The Labute approximate surface area is 186 Å². The molecule has 0 saturated carbocycles. The minimum absolute atomic E-state index is 0.252. The third-order valence-electron chi connectivity index (χ3n) is 5.72. The zero-order valence-corrected chi connectivity index (χ0v) is 17.4. The van der Waals surface area contributed by atoms with E-state index in [0.717, 1.165) is 12.1 Å². The van der Waals surface area contributed by atoms with E-state index < -0.39 is 18.0 Å². The first-order valence-corrected chi connectivity index (χ1v) is 10.1. The highest BCUT2D eigenvalue weighted by Gasteiger charge is 2.41.